The third-order valence-electron chi connectivity index (χ3n) is 8.09. The van der Waals surface area contributed by atoms with Gasteiger partial charge < -0.3 is 14.4 Å². The van der Waals surface area contributed by atoms with Crippen molar-refractivity contribution in [3.05, 3.63) is 102 Å². The lowest BCUT2D eigenvalue weighted by Crippen LogP contribution is -2.19. The van der Waals surface area contributed by atoms with Crippen LogP contribution in [0.4, 0.5) is 4.39 Å². The van der Waals surface area contributed by atoms with Crippen LogP contribution in [0, 0.1) is 17.7 Å². The number of halogens is 1. The molecule has 2 aliphatic rings. The first kappa shape index (κ1) is 23.9. The fraction of sp³-hybridized carbons (Fsp3) is 0.290. The molecule has 7 nitrogen and oxygen atoms in total. The highest BCUT2D eigenvalue weighted by Gasteiger charge is 2.61. The van der Waals surface area contributed by atoms with Gasteiger partial charge in [0.2, 0.25) is 0 Å². The Morgan fingerprint density at radius 1 is 1.05 bits per heavy atom. The molecule has 0 radical (unpaired) electrons. The molecular formula is C31H28FN5O2. The van der Waals surface area contributed by atoms with Crippen molar-refractivity contribution in [2.75, 3.05) is 0 Å². The Bertz CT molecular complexity index is 1690. The van der Waals surface area contributed by atoms with Gasteiger partial charge in [0.25, 0.3) is 0 Å². The molecule has 0 bridgehead atoms. The number of aromatic nitrogens is 5. The molecule has 0 spiro atoms. The van der Waals surface area contributed by atoms with E-state index in [0.717, 1.165) is 28.2 Å². The first-order chi connectivity index (χ1) is 18.8. The lowest BCUT2D eigenvalue weighted by Gasteiger charge is -2.22. The molecule has 1 aliphatic heterocycles. The number of rotatable bonds is 6. The molecule has 2 aromatic carbocycles. The average Bonchev–Trinajstić information content (AvgIpc) is 3.27. The van der Waals surface area contributed by atoms with Crippen molar-refractivity contribution in [1.29, 1.82) is 0 Å². The Balaban J connectivity index is 1.31. The number of para-hydroxylation sites is 1. The maximum absolute atomic E-state index is 15.4. The number of aliphatic hydroxyl groups is 1. The molecule has 1 fully saturated rings. The highest BCUT2D eigenvalue weighted by atomic mass is 19.1. The Hall–Kier alpha value is -4.17. The normalized spacial score (nSPS) is 21.6. The smallest absolute Gasteiger partial charge is 0.159 e. The monoisotopic (exact) mass is 521 g/mol. The van der Waals surface area contributed by atoms with Crippen molar-refractivity contribution in [3.8, 4) is 16.9 Å². The first-order valence-corrected chi connectivity index (χ1v) is 13.2. The van der Waals surface area contributed by atoms with E-state index in [4.69, 9.17) is 9.72 Å². The number of imidazole rings is 1. The summed E-state index contributed by atoms with van der Waals surface area (Å²) in [4.78, 5) is 17.6. The summed E-state index contributed by atoms with van der Waals surface area (Å²) in [5.74, 6) is 2.97. The van der Waals surface area contributed by atoms with Gasteiger partial charge in [-0.05, 0) is 55.5 Å². The van der Waals surface area contributed by atoms with Crippen molar-refractivity contribution >= 4 is 11.0 Å². The summed E-state index contributed by atoms with van der Waals surface area (Å²) in [6.45, 7) is 5.95. The number of hydrogen-bond acceptors (Lipinski definition) is 6. The number of benzene rings is 2. The van der Waals surface area contributed by atoms with Crippen molar-refractivity contribution in [2.45, 2.75) is 44.9 Å². The predicted molar refractivity (Wildman–Crippen MR) is 145 cm³/mol. The standard InChI is InChI=1S/C31H28FN5O2/c1-17-26-27(17)29-36-23-13-22(32)21(19-14-34-30(35-15-19)31(2,3)38)12-24(23)37(29)28(26)20-6-4-5-7-25(20)39-16-18-8-10-33-11-9-18/h4-15,17,26-28,38H,16H2,1-3H3/t17-,26+,27-,28-/m0/s1. The van der Waals surface area contributed by atoms with E-state index in [-0.39, 0.29) is 17.7 Å². The quantitative estimate of drug-likeness (QED) is 0.305. The minimum atomic E-state index is -1.18. The zero-order valence-electron chi connectivity index (χ0n) is 21.9. The molecule has 1 aliphatic carbocycles. The highest BCUT2D eigenvalue weighted by Crippen LogP contribution is 2.66. The minimum Gasteiger partial charge on any atom is -0.489 e. The summed E-state index contributed by atoms with van der Waals surface area (Å²) in [5, 5.41) is 10.2. The zero-order chi connectivity index (χ0) is 26.9. The molecule has 4 heterocycles. The number of nitrogens with zero attached hydrogens (tertiary/aromatic N) is 5. The van der Waals surface area contributed by atoms with E-state index in [1.807, 2.05) is 36.4 Å². The Morgan fingerprint density at radius 2 is 1.79 bits per heavy atom. The maximum Gasteiger partial charge on any atom is 0.159 e. The second-order valence-electron chi connectivity index (χ2n) is 11.1. The fourth-order valence-corrected chi connectivity index (χ4v) is 6.07. The van der Waals surface area contributed by atoms with Crippen LogP contribution in [0.25, 0.3) is 22.2 Å². The molecule has 39 heavy (non-hydrogen) atoms. The summed E-state index contributed by atoms with van der Waals surface area (Å²) in [6, 6.07) is 15.5. The van der Waals surface area contributed by atoms with Gasteiger partial charge in [-0.25, -0.2) is 19.3 Å². The van der Waals surface area contributed by atoms with E-state index in [2.05, 4.69) is 32.5 Å². The lowest BCUT2D eigenvalue weighted by molar-refractivity contribution is 0.0687. The second-order valence-corrected chi connectivity index (χ2v) is 11.1. The Morgan fingerprint density at radius 3 is 2.54 bits per heavy atom. The third-order valence-corrected chi connectivity index (χ3v) is 8.09. The van der Waals surface area contributed by atoms with E-state index in [9.17, 15) is 5.11 Å². The number of hydrogen-bond donors (Lipinski definition) is 1. The van der Waals surface area contributed by atoms with Crippen LogP contribution in [0.5, 0.6) is 5.75 Å². The molecule has 1 saturated carbocycles. The Labute approximate surface area is 225 Å². The molecule has 3 aromatic heterocycles. The maximum atomic E-state index is 15.4. The molecule has 0 saturated heterocycles. The van der Waals surface area contributed by atoms with Crippen LogP contribution in [-0.4, -0.2) is 29.6 Å². The SMILES string of the molecule is C[C@@H]1[C@@H]2c3nc4cc(F)c(-c5cnc(C(C)(C)O)nc5)cc4n3[C@@H](c3ccccc3OCc3ccncc3)[C@H]12. The largest absolute Gasteiger partial charge is 0.489 e. The highest BCUT2D eigenvalue weighted by molar-refractivity contribution is 5.84. The number of pyridine rings is 1. The van der Waals surface area contributed by atoms with Gasteiger partial charge in [-0.2, -0.15) is 0 Å². The Kier molecular flexibility index (Phi) is 5.32. The van der Waals surface area contributed by atoms with Crippen LogP contribution >= 0.6 is 0 Å². The molecule has 196 valence electrons. The van der Waals surface area contributed by atoms with Gasteiger partial charge in [-0.15, -0.1) is 0 Å². The van der Waals surface area contributed by atoms with Gasteiger partial charge in [0, 0.05) is 53.5 Å². The van der Waals surface area contributed by atoms with Crippen LogP contribution in [0.2, 0.25) is 0 Å². The molecule has 4 atom stereocenters. The van der Waals surface area contributed by atoms with E-state index < -0.39 is 5.60 Å². The van der Waals surface area contributed by atoms with E-state index in [1.165, 1.54) is 6.07 Å². The summed E-state index contributed by atoms with van der Waals surface area (Å²) in [6.07, 6.45) is 6.65. The van der Waals surface area contributed by atoms with Crippen LogP contribution in [-0.2, 0) is 12.2 Å². The van der Waals surface area contributed by atoms with Gasteiger partial charge in [-0.1, -0.05) is 25.1 Å². The van der Waals surface area contributed by atoms with Crippen LogP contribution in [0.1, 0.15) is 55.5 Å². The lowest BCUT2D eigenvalue weighted by atomic mass is 9.99. The zero-order valence-corrected chi connectivity index (χ0v) is 21.9. The third kappa shape index (κ3) is 3.89. The summed E-state index contributed by atoms with van der Waals surface area (Å²) in [7, 11) is 0. The van der Waals surface area contributed by atoms with Gasteiger partial charge in [0.1, 0.15) is 29.6 Å². The predicted octanol–water partition coefficient (Wildman–Crippen LogP) is 5.79. The van der Waals surface area contributed by atoms with Gasteiger partial charge in [-0.3, -0.25) is 4.98 Å². The van der Waals surface area contributed by atoms with E-state index >= 15 is 4.39 Å². The van der Waals surface area contributed by atoms with Crippen LogP contribution in [0.15, 0.2) is 73.3 Å². The van der Waals surface area contributed by atoms with Crippen molar-refractivity contribution in [3.63, 3.8) is 0 Å². The van der Waals surface area contributed by atoms with Gasteiger partial charge in [0.05, 0.1) is 17.1 Å². The number of fused-ring (bicyclic) bond motifs is 5. The first-order valence-electron chi connectivity index (χ1n) is 13.2. The van der Waals surface area contributed by atoms with Gasteiger partial charge in [0.15, 0.2) is 5.82 Å². The second kappa shape index (κ2) is 8.68. The van der Waals surface area contributed by atoms with Gasteiger partial charge >= 0.3 is 0 Å². The van der Waals surface area contributed by atoms with Crippen molar-refractivity contribution in [1.82, 2.24) is 24.5 Å². The minimum absolute atomic E-state index is 0.0331. The van der Waals surface area contributed by atoms with Crippen LogP contribution in [0.3, 0.4) is 0 Å². The molecule has 7 rings (SSSR count). The molecule has 0 unspecified atom stereocenters. The summed E-state index contributed by atoms with van der Waals surface area (Å²) in [5.41, 5.74) is 3.45. The van der Waals surface area contributed by atoms with Crippen LogP contribution < -0.4 is 4.74 Å². The molecule has 0 amide bonds. The molecular weight excluding hydrogens is 493 g/mol. The fourth-order valence-electron chi connectivity index (χ4n) is 6.07. The van der Waals surface area contributed by atoms with E-state index in [0.29, 0.717) is 41.0 Å². The van der Waals surface area contributed by atoms with E-state index in [1.54, 1.807) is 38.6 Å². The number of ether oxygens (including phenoxy) is 1. The molecule has 1 N–H and O–H groups in total. The topological polar surface area (TPSA) is 86.0 Å². The summed E-state index contributed by atoms with van der Waals surface area (Å²) < 4.78 is 24.0. The average molecular weight is 522 g/mol. The molecule has 5 aromatic rings. The molecule has 8 heteroatoms. The summed E-state index contributed by atoms with van der Waals surface area (Å²) >= 11 is 0. The van der Waals surface area contributed by atoms with Crippen molar-refractivity contribution < 1.29 is 14.2 Å². The van der Waals surface area contributed by atoms with Crippen molar-refractivity contribution in [2.24, 2.45) is 11.8 Å².